The van der Waals surface area contributed by atoms with Crippen molar-refractivity contribution in [3.05, 3.63) is 88.5 Å². The van der Waals surface area contributed by atoms with Crippen LogP contribution in [0.2, 0.25) is 0 Å². The van der Waals surface area contributed by atoms with Crippen LogP contribution in [0.4, 0.5) is 5.69 Å². The average Bonchev–Trinajstić information content (AvgIpc) is 2.77. The van der Waals surface area contributed by atoms with Crippen LogP contribution < -0.4 is 14.8 Å². The number of rotatable bonds is 10. The second-order valence-corrected chi connectivity index (χ2v) is 10.1. The Morgan fingerprint density at radius 1 is 0.912 bits per heavy atom. The smallest absolute Gasteiger partial charge is 0.262 e. The molecule has 0 heterocycles. The summed E-state index contributed by atoms with van der Waals surface area (Å²) >= 11 is 0. The molecule has 0 bridgehead atoms. The van der Waals surface area contributed by atoms with Crippen LogP contribution in [0.5, 0.6) is 5.75 Å². The van der Waals surface area contributed by atoms with E-state index in [9.17, 15) is 13.2 Å². The molecule has 2 N–H and O–H groups in total. The largest absolute Gasteiger partial charge is 0.492 e. The number of benzene rings is 3. The second kappa shape index (κ2) is 11.2. The number of nitrogens with one attached hydrogen (secondary N) is 2. The van der Waals surface area contributed by atoms with Crippen molar-refractivity contribution in [2.24, 2.45) is 0 Å². The summed E-state index contributed by atoms with van der Waals surface area (Å²) in [5.41, 5.74) is 4.51. The van der Waals surface area contributed by atoms with E-state index in [2.05, 4.69) is 17.0 Å². The molecular weight excluding hydrogens is 448 g/mol. The van der Waals surface area contributed by atoms with Gasteiger partial charge in [-0.05, 0) is 85.8 Å². The van der Waals surface area contributed by atoms with Gasteiger partial charge in [0.15, 0.2) is 0 Å². The number of sulfonamides is 1. The minimum Gasteiger partial charge on any atom is -0.492 e. The van der Waals surface area contributed by atoms with E-state index in [1.54, 1.807) is 31.2 Å². The van der Waals surface area contributed by atoms with E-state index in [4.69, 9.17) is 4.74 Å². The summed E-state index contributed by atoms with van der Waals surface area (Å²) in [5.74, 6) is 0.389. The van der Waals surface area contributed by atoms with Crippen molar-refractivity contribution < 1.29 is 17.9 Å². The van der Waals surface area contributed by atoms with Crippen molar-refractivity contribution in [2.75, 3.05) is 17.9 Å². The third-order valence-corrected chi connectivity index (χ3v) is 6.86. The van der Waals surface area contributed by atoms with E-state index < -0.39 is 10.0 Å². The van der Waals surface area contributed by atoms with E-state index in [-0.39, 0.29) is 16.4 Å². The predicted molar refractivity (Wildman–Crippen MR) is 136 cm³/mol. The molecule has 34 heavy (non-hydrogen) atoms. The maximum Gasteiger partial charge on any atom is 0.262 e. The summed E-state index contributed by atoms with van der Waals surface area (Å²) in [6.07, 6.45) is 2.13. The molecule has 6 nitrogen and oxygen atoms in total. The fourth-order valence-electron chi connectivity index (χ4n) is 3.75. The third-order valence-electron chi connectivity index (χ3n) is 5.33. The van der Waals surface area contributed by atoms with E-state index >= 15 is 0 Å². The zero-order valence-electron chi connectivity index (χ0n) is 20.1. The van der Waals surface area contributed by atoms with Crippen LogP contribution in [-0.2, 0) is 16.4 Å². The molecule has 3 aromatic rings. The molecule has 0 aromatic heterocycles. The van der Waals surface area contributed by atoms with Gasteiger partial charge < -0.3 is 10.1 Å². The third kappa shape index (κ3) is 6.84. The average molecular weight is 481 g/mol. The lowest BCUT2D eigenvalue weighted by Gasteiger charge is -2.13. The fraction of sp³-hybridized carbons (Fsp3) is 0.296. The van der Waals surface area contributed by atoms with Gasteiger partial charge in [-0.2, -0.15) is 0 Å². The SMILES string of the molecule is CCCc1ccc(OCCNC(=O)c2ccc(C)c(S(=O)(=O)Nc3cc(C)cc(C)c3)c2)cc1. The Morgan fingerprint density at radius 2 is 1.59 bits per heavy atom. The lowest BCUT2D eigenvalue weighted by Crippen LogP contribution is -2.28. The number of hydrogen-bond donors (Lipinski definition) is 2. The number of carbonyl (C=O) groups excluding carboxylic acids is 1. The number of aryl methyl sites for hydroxylation is 4. The highest BCUT2D eigenvalue weighted by atomic mass is 32.2. The lowest BCUT2D eigenvalue weighted by molar-refractivity contribution is 0.0946. The highest BCUT2D eigenvalue weighted by molar-refractivity contribution is 7.92. The molecule has 0 fully saturated rings. The number of anilines is 1. The van der Waals surface area contributed by atoms with Gasteiger partial charge in [0.2, 0.25) is 0 Å². The van der Waals surface area contributed by atoms with Crippen molar-refractivity contribution in [3.8, 4) is 5.75 Å². The molecule has 0 aliphatic rings. The highest BCUT2D eigenvalue weighted by Crippen LogP contribution is 2.22. The summed E-state index contributed by atoms with van der Waals surface area (Å²) in [5, 5.41) is 2.78. The van der Waals surface area contributed by atoms with Crippen molar-refractivity contribution in [1.82, 2.24) is 5.32 Å². The van der Waals surface area contributed by atoms with E-state index in [0.29, 0.717) is 24.4 Å². The van der Waals surface area contributed by atoms with Crippen LogP contribution >= 0.6 is 0 Å². The van der Waals surface area contributed by atoms with Crippen molar-refractivity contribution >= 4 is 21.6 Å². The first-order valence-corrected chi connectivity index (χ1v) is 12.9. The molecule has 3 aromatic carbocycles. The van der Waals surface area contributed by atoms with Crippen molar-refractivity contribution in [3.63, 3.8) is 0 Å². The summed E-state index contributed by atoms with van der Waals surface area (Å²) in [7, 11) is -3.86. The van der Waals surface area contributed by atoms with Gasteiger partial charge in [0.1, 0.15) is 12.4 Å². The molecule has 0 aliphatic carbocycles. The molecule has 3 rings (SSSR count). The van der Waals surface area contributed by atoms with Crippen molar-refractivity contribution in [2.45, 2.75) is 45.4 Å². The Labute approximate surface area is 202 Å². The second-order valence-electron chi connectivity index (χ2n) is 8.46. The number of ether oxygens (including phenoxy) is 1. The summed E-state index contributed by atoms with van der Waals surface area (Å²) < 4.78 is 34.4. The topological polar surface area (TPSA) is 84.5 Å². The maximum atomic E-state index is 13.0. The standard InChI is InChI=1S/C27H32N2O4S/c1-5-6-22-8-11-25(12-9-22)33-14-13-28-27(30)23-10-7-21(4)26(18-23)34(31,32)29-24-16-19(2)15-20(3)17-24/h7-12,15-18,29H,5-6,13-14H2,1-4H3,(H,28,30). The first-order chi connectivity index (χ1) is 16.2. The van der Waals surface area contributed by atoms with Gasteiger partial charge in [0, 0.05) is 11.3 Å². The van der Waals surface area contributed by atoms with Gasteiger partial charge in [-0.15, -0.1) is 0 Å². The number of carbonyl (C=O) groups is 1. The molecular formula is C27H32N2O4S. The van der Waals surface area contributed by atoms with Crippen LogP contribution in [-0.4, -0.2) is 27.5 Å². The Kier molecular flexibility index (Phi) is 8.34. The Hall–Kier alpha value is -3.32. The first kappa shape index (κ1) is 25.3. The van der Waals surface area contributed by atoms with E-state index in [0.717, 1.165) is 29.7 Å². The normalized spacial score (nSPS) is 11.2. The zero-order chi connectivity index (χ0) is 24.7. The number of hydrogen-bond acceptors (Lipinski definition) is 4. The van der Waals surface area contributed by atoms with Crippen LogP contribution in [0.3, 0.4) is 0 Å². The quantitative estimate of drug-likeness (QED) is 0.392. The Balaban J connectivity index is 1.62. The van der Waals surface area contributed by atoms with Gasteiger partial charge in [-0.3, -0.25) is 9.52 Å². The van der Waals surface area contributed by atoms with Crippen LogP contribution in [0.15, 0.2) is 65.6 Å². The molecule has 1 amide bonds. The summed E-state index contributed by atoms with van der Waals surface area (Å²) in [6, 6.07) is 18.1. The van der Waals surface area contributed by atoms with Crippen LogP contribution in [0.25, 0.3) is 0 Å². The van der Waals surface area contributed by atoms with E-state index in [1.807, 2.05) is 44.2 Å². The van der Waals surface area contributed by atoms with Gasteiger partial charge in [0.05, 0.1) is 11.4 Å². The molecule has 0 radical (unpaired) electrons. The summed E-state index contributed by atoms with van der Waals surface area (Å²) in [4.78, 5) is 12.7. The van der Waals surface area contributed by atoms with Gasteiger partial charge in [-0.25, -0.2) is 8.42 Å². The Bertz CT molecular complexity index is 1230. The minimum atomic E-state index is -3.86. The monoisotopic (exact) mass is 480 g/mol. The molecule has 0 unspecified atom stereocenters. The molecule has 0 atom stereocenters. The molecule has 0 saturated carbocycles. The maximum absolute atomic E-state index is 13.0. The number of amides is 1. The van der Waals surface area contributed by atoms with Crippen LogP contribution in [0, 0.1) is 20.8 Å². The predicted octanol–water partition coefficient (Wildman–Crippen LogP) is 5.17. The van der Waals surface area contributed by atoms with Crippen molar-refractivity contribution in [1.29, 1.82) is 0 Å². The van der Waals surface area contributed by atoms with Crippen LogP contribution in [0.1, 0.15) is 46.0 Å². The molecule has 0 aliphatic heterocycles. The lowest BCUT2D eigenvalue weighted by atomic mass is 10.1. The molecule has 0 spiro atoms. The molecule has 180 valence electrons. The minimum absolute atomic E-state index is 0.0720. The highest BCUT2D eigenvalue weighted by Gasteiger charge is 2.19. The molecule has 7 heteroatoms. The first-order valence-electron chi connectivity index (χ1n) is 11.4. The van der Waals surface area contributed by atoms with Gasteiger partial charge >= 0.3 is 0 Å². The molecule has 0 saturated heterocycles. The van der Waals surface area contributed by atoms with Gasteiger partial charge in [-0.1, -0.05) is 37.6 Å². The fourth-order valence-corrected chi connectivity index (χ4v) is 5.06. The van der Waals surface area contributed by atoms with Gasteiger partial charge in [0.25, 0.3) is 15.9 Å². The zero-order valence-corrected chi connectivity index (χ0v) is 21.0. The Morgan fingerprint density at radius 3 is 2.24 bits per heavy atom. The summed E-state index contributed by atoms with van der Waals surface area (Å²) in [6.45, 7) is 8.27. The van der Waals surface area contributed by atoms with E-state index in [1.165, 1.54) is 11.6 Å².